The molecule has 7 heteroatoms. The van der Waals surface area contributed by atoms with Gasteiger partial charge in [0.1, 0.15) is 0 Å². The highest BCUT2D eigenvalue weighted by Crippen LogP contribution is 2.19. The molecule has 0 radical (unpaired) electrons. The number of hydrogen-bond donors (Lipinski definition) is 0. The van der Waals surface area contributed by atoms with Crippen LogP contribution in [0.5, 0.6) is 0 Å². The second-order valence-electron chi connectivity index (χ2n) is 5.51. The number of rotatable bonds is 2. The molecule has 0 aromatic heterocycles. The molecule has 0 saturated carbocycles. The molecule has 0 bridgehead atoms. The molecule has 1 aliphatic rings. The van der Waals surface area contributed by atoms with E-state index in [1.807, 2.05) is 20.8 Å². The average Bonchev–Trinajstić information content (AvgIpc) is 2.62. The fraction of sp³-hybridized carbons (Fsp3) is 0.714. The Balaban J connectivity index is 2.67. The summed E-state index contributed by atoms with van der Waals surface area (Å²) in [4.78, 5) is 25.5. The van der Waals surface area contributed by atoms with Gasteiger partial charge >= 0.3 is 12.1 Å². The molecule has 120 valence electrons. The molecule has 1 fully saturated rings. The molecule has 0 aliphatic carbocycles. The lowest BCUT2D eigenvalue weighted by Crippen LogP contribution is -2.43. The molecule has 1 heterocycles. The van der Waals surface area contributed by atoms with Gasteiger partial charge in [-0.1, -0.05) is 19.4 Å². The number of carbonyl (C=O) groups is 2. The maximum atomic E-state index is 12.4. The van der Waals surface area contributed by atoms with E-state index >= 15 is 0 Å². The lowest BCUT2D eigenvalue weighted by Gasteiger charge is -2.22. The van der Waals surface area contributed by atoms with Gasteiger partial charge < -0.3 is 9.80 Å². The van der Waals surface area contributed by atoms with Crippen molar-refractivity contribution < 1.29 is 22.8 Å². The first-order chi connectivity index (χ1) is 9.62. The summed E-state index contributed by atoms with van der Waals surface area (Å²) in [5, 5.41) is 0. The molecule has 0 aromatic carbocycles. The molecule has 21 heavy (non-hydrogen) atoms. The van der Waals surface area contributed by atoms with Gasteiger partial charge in [0.05, 0.1) is 0 Å². The van der Waals surface area contributed by atoms with Crippen molar-refractivity contribution in [2.24, 2.45) is 5.92 Å². The largest absolute Gasteiger partial charge is 0.471 e. The van der Waals surface area contributed by atoms with E-state index in [2.05, 4.69) is 0 Å². The predicted octanol–water partition coefficient (Wildman–Crippen LogP) is 2.21. The van der Waals surface area contributed by atoms with Crippen molar-refractivity contribution in [3.63, 3.8) is 0 Å². The Bertz CT molecular complexity index is 430. The van der Waals surface area contributed by atoms with Gasteiger partial charge in [-0.05, 0) is 19.3 Å². The number of hydrogen-bond acceptors (Lipinski definition) is 2. The molecular weight excluding hydrogens is 285 g/mol. The van der Waals surface area contributed by atoms with Crippen LogP contribution < -0.4 is 0 Å². The monoisotopic (exact) mass is 306 g/mol. The summed E-state index contributed by atoms with van der Waals surface area (Å²) < 4.78 is 37.2. The van der Waals surface area contributed by atoms with Crippen LogP contribution in [0.4, 0.5) is 13.2 Å². The van der Waals surface area contributed by atoms with Crippen LogP contribution >= 0.6 is 0 Å². The summed E-state index contributed by atoms with van der Waals surface area (Å²) in [6.45, 7) is 6.20. The standard InChI is InChI=1S/C14H21F3N2O2/c1-10(2)11(3)9-12(20)18-5-4-6-19(8-7-18)13(21)14(15,16)17/h9-10H,4-8H2,1-3H3/b11-9+. The minimum atomic E-state index is -4.85. The number of carbonyl (C=O) groups excluding carboxylic acids is 2. The summed E-state index contributed by atoms with van der Waals surface area (Å²) >= 11 is 0. The first-order valence-electron chi connectivity index (χ1n) is 6.96. The maximum Gasteiger partial charge on any atom is 0.471 e. The van der Waals surface area contributed by atoms with Crippen LogP contribution in [0.15, 0.2) is 11.6 Å². The van der Waals surface area contributed by atoms with Crippen molar-refractivity contribution in [1.82, 2.24) is 9.80 Å². The molecule has 4 nitrogen and oxygen atoms in total. The van der Waals surface area contributed by atoms with E-state index in [0.717, 1.165) is 10.5 Å². The van der Waals surface area contributed by atoms with Crippen LogP contribution in [0.3, 0.4) is 0 Å². The topological polar surface area (TPSA) is 40.6 Å². The van der Waals surface area contributed by atoms with Crippen LogP contribution in [0.2, 0.25) is 0 Å². The normalized spacial score (nSPS) is 18.0. The third kappa shape index (κ3) is 5.06. The second kappa shape index (κ2) is 6.95. The molecule has 2 amide bonds. The lowest BCUT2D eigenvalue weighted by molar-refractivity contribution is -0.185. The van der Waals surface area contributed by atoms with Gasteiger partial charge in [0.15, 0.2) is 0 Å². The first-order valence-corrected chi connectivity index (χ1v) is 6.96. The zero-order valence-corrected chi connectivity index (χ0v) is 12.5. The Kier molecular flexibility index (Phi) is 5.80. The van der Waals surface area contributed by atoms with Gasteiger partial charge in [0, 0.05) is 32.3 Å². The van der Waals surface area contributed by atoms with Crippen molar-refractivity contribution >= 4 is 11.8 Å². The van der Waals surface area contributed by atoms with Gasteiger partial charge in [-0.15, -0.1) is 0 Å². The highest BCUT2D eigenvalue weighted by atomic mass is 19.4. The van der Waals surface area contributed by atoms with Gasteiger partial charge in [0.2, 0.25) is 5.91 Å². The molecular formula is C14H21F3N2O2. The molecule has 0 atom stereocenters. The summed E-state index contributed by atoms with van der Waals surface area (Å²) in [6, 6.07) is 0. The fourth-order valence-electron chi connectivity index (χ4n) is 1.97. The zero-order valence-electron chi connectivity index (χ0n) is 12.5. The van der Waals surface area contributed by atoms with Gasteiger partial charge in [0.25, 0.3) is 0 Å². The van der Waals surface area contributed by atoms with Crippen LogP contribution in [0.1, 0.15) is 27.2 Å². The van der Waals surface area contributed by atoms with E-state index in [1.165, 1.54) is 11.0 Å². The molecule has 0 aromatic rings. The van der Waals surface area contributed by atoms with Crippen molar-refractivity contribution in [3.05, 3.63) is 11.6 Å². The molecule has 1 saturated heterocycles. The molecule has 0 unspecified atom stereocenters. The molecule has 0 spiro atoms. The van der Waals surface area contributed by atoms with E-state index in [1.54, 1.807) is 0 Å². The summed E-state index contributed by atoms with van der Waals surface area (Å²) in [5.41, 5.74) is 0.924. The quantitative estimate of drug-likeness (QED) is 0.734. The minimum absolute atomic E-state index is 0.0228. The third-order valence-electron chi connectivity index (χ3n) is 3.60. The first kappa shape index (κ1) is 17.5. The van der Waals surface area contributed by atoms with Crippen molar-refractivity contribution in [1.29, 1.82) is 0 Å². The molecule has 0 N–H and O–H groups in total. The van der Waals surface area contributed by atoms with Crippen molar-refractivity contribution in [2.45, 2.75) is 33.4 Å². The highest BCUT2D eigenvalue weighted by molar-refractivity contribution is 5.88. The number of allylic oxidation sites excluding steroid dienone is 1. The SMILES string of the molecule is C/C(=C\C(=O)N1CCCN(C(=O)C(F)(F)F)CC1)C(C)C. The van der Waals surface area contributed by atoms with Gasteiger partial charge in [-0.3, -0.25) is 9.59 Å². The van der Waals surface area contributed by atoms with E-state index in [0.29, 0.717) is 13.0 Å². The average molecular weight is 306 g/mol. The molecule has 1 aliphatic heterocycles. The molecule has 1 rings (SSSR count). The van der Waals surface area contributed by atoms with Crippen LogP contribution in [0, 0.1) is 5.92 Å². The lowest BCUT2D eigenvalue weighted by atomic mass is 10.1. The Morgan fingerprint density at radius 3 is 2.10 bits per heavy atom. The van der Waals surface area contributed by atoms with E-state index in [4.69, 9.17) is 0 Å². The third-order valence-corrected chi connectivity index (χ3v) is 3.60. The summed E-state index contributed by atoms with van der Waals surface area (Å²) in [5.74, 6) is -1.79. The van der Waals surface area contributed by atoms with E-state index < -0.39 is 12.1 Å². The minimum Gasteiger partial charge on any atom is -0.337 e. The zero-order chi connectivity index (χ0) is 16.2. The van der Waals surface area contributed by atoms with E-state index in [9.17, 15) is 22.8 Å². The summed E-state index contributed by atoms with van der Waals surface area (Å²) in [7, 11) is 0. The predicted molar refractivity (Wildman–Crippen MR) is 72.4 cm³/mol. The number of amides is 2. The summed E-state index contributed by atoms with van der Waals surface area (Å²) in [6.07, 6.45) is -2.98. The maximum absolute atomic E-state index is 12.4. The second-order valence-corrected chi connectivity index (χ2v) is 5.51. The number of nitrogens with zero attached hydrogens (tertiary/aromatic N) is 2. The van der Waals surface area contributed by atoms with Gasteiger partial charge in [-0.25, -0.2) is 0 Å². The Hall–Kier alpha value is -1.53. The Labute approximate surface area is 122 Å². The number of alkyl halides is 3. The van der Waals surface area contributed by atoms with Crippen LogP contribution in [-0.4, -0.2) is 54.0 Å². The fourth-order valence-corrected chi connectivity index (χ4v) is 1.97. The van der Waals surface area contributed by atoms with Crippen LogP contribution in [0.25, 0.3) is 0 Å². The van der Waals surface area contributed by atoms with E-state index in [-0.39, 0.29) is 31.5 Å². The van der Waals surface area contributed by atoms with Crippen molar-refractivity contribution in [2.75, 3.05) is 26.2 Å². The Morgan fingerprint density at radius 1 is 1.05 bits per heavy atom. The van der Waals surface area contributed by atoms with Gasteiger partial charge in [-0.2, -0.15) is 13.2 Å². The smallest absolute Gasteiger partial charge is 0.337 e. The van der Waals surface area contributed by atoms with Crippen molar-refractivity contribution in [3.8, 4) is 0 Å². The van der Waals surface area contributed by atoms with Crippen LogP contribution in [-0.2, 0) is 9.59 Å². The highest BCUT2D eigenvalue weighted by Gasteiger charge is 2.42. The Morgan fingerprint density at radius 2 is 1.57 bits per heavy atom. The number of halogens is 3.